The summed E-state index contributed by atoms with van der Waals surface area (Å²) in [7, 11) is 0. The van der Waals surface area contributed by atoms with Gasteiger partial charge in [-0.25, -0.2) is 0 Å². The number of nitrogens with one attached hydrogen (secondary N) is 1. The number of benzene rings is 1. The van der Waals surface area contributed by atoms with Crippen molar-refractivity contribution < 1.29 is 9.59 Å². The van der Waals surface area contributed by atoms with E-state index < -0.39 is 11.0 Å². The van der Waals surface area contributed by atoms with Gasteiger partial charge in [-0.15, -0.1) is 0 Å². The summed E-state index contributed by atoms with van der Waals surface area (Å²) in [6.07, 6.45) is 7.89. The van der Waals surface area contributed by atoms with E-state index >= 15 is 0 Å². The van der Waals surface area contributed by atoms with E-state index in [9.17, 15) is 14.9 Å². The molecular formula is C23H31N4O2. The zero-order valence-corrected chi connectivity index (χ0v) is 17.0. The summed E-state index contributed by atoms with van der Waals surface area (Å²) >= 11 is 0. The molecule has 1 aromatic rings. The van der Waals surface area contributed by atoms with Crippen LogP contribution < -0.4 is 11.1 Å². The molecule has 0 bridgehead atoms. The monoisotopic (exact) mass is 395 g/mol. The van der Waals surface area contributed by atoms with Gasteiger partial charge in [0.2, 0.25) is 11.8 Å². The summed E-state index contributed by atoms with van der Waals surface area (Å²) in [5.41, 5.74) is 5.36. The topological polar surface area (TPSA) is 99.2 Å². The Balaban J connectivity index is 1.58. The van der Waals surface area contributed by atoms with Crippen molar-refractivity contribution in [3.63, 3.8) is 0 Å². The SMILES string of the molecule is N#CC1(NC(=O)[CH]CC2(C(N)=O)CCCCC2)CCCN(Cc2ccccc2)C1. The van der Waals surface area contributed by atoms with Crippen molar-refractivity contribution in [1.82, 2.24) is 10.2 Å². The predicted molar refractivity (Wildman–Crippen MR) is 111 cm³/mol. The van der Waals surface area contributed by atoms with Gasteiger partial charge in [0.25, 0.3) is 0 Å². The number of carbonyl (C=O) groups is 2. The second-order valence-electron chi connectivity index (χ2n) is 8.60. The average Bonchev–Trinajstić information content (AvgIpc) is 2.74. The minimum atomic E-state index is -0.896. The molecule has 1 aliphatic carbocycles. The van der Waals surface area contributed by atoms with E-state index in [2.05, 4.69) is 28.4 Å². The summed E-state index contributed by atoms with van der Waals surface area (Å²) in [5, 5.41) is 12.8. The number of nitriles is 1. The van der Waals surface area contributed by atoms with Gasteiger partial charge in [0, 0.05) is 18.5 Å². The van der Waals surface area contributed by atoms with Gasteiger partial charge in [0.1, 0.15) is 5.54 Å². The first kappa shape index (κ1) is 21.3. The van der Waals surface area contributed by atoms with Crippen LogP contribution in [-0.4, -0.2) is 35.3 Å². The van der Waals surface area contributed by atoms with Crippen molar-refractivity contribution in [2.45, 2.75) is 63.5 Å². The lowest BCUT2D eigenvalue weighted by Gasteiger charge is -2.39. The highest BCUT2D eigenvalue weighted by Gasteiger charge is 2.40. The first-order chi connectivity index (χ1) is 14.0. The molecule has 1 radical (unpaired) electrons. The Bertz CT molecular complexity index is 752. The van der Waals surface area contributed by atoms with Gasteiger partial charge in [-0.2, -0.15) is 5.26 Å². The Hall–Kier alpha value is -2.39. The Morgan fingerprint density at radius 2 is 1.86 bits per heavy atom. The molecular weight excluding hydrogens is 364 g/mol. The summed E-state index contributed by atoms with van der Waals surface area (Å²) < 4.78 is 0. The number of likely N-dealkylation sites (tertiary alicyclic amines) is 1. The summed E-state index contributed by atoms with van der Waals surface area (Å²) in [5.74, 6) is -0.595. The number of hydrogen-bond donors (Lipinski definition) is 2. The highest BCUT2D eigenvalue weighted by molar-refractivity contribution is 5.88. The molecule has 0 aromatic heterocycles. The molecule has 6 nitrogen and oxygen atoms in total. The van der Waals surface area contributed by atoms with E-state index in [1.165, 1.54) is 12.0 Å². The molecule has 1 atom stereocenters. The molecule has 1 unspecified atom stereocenters. The minimum Gasteiger partial charge on any atom is -0.369 e. The maximum atomic E-state index is 12.7. The van der Waals surface area contributed by atoms with Crippen LogP contribution in [0, 0.1) is 23.2 Å². The first-order valence-electron chi connectivity index (χ1n) is 10.6. The van der Waals surface area contributed by atoms with Gasteiger partial charge in [0.05, 0.1) is 12.5 Å². The second-order valence-corrected chi connectivity index (χ2v) is 8.60. The fraction of sp³-hybridized carbons (Fsp3) is 0.565. The van der Waals surface area contributed by atoms with Gasteiger partial charge in [-0.1, -0.05) is 49.6 Å². The number of amides is 2. The highest BCUT2D eigenvalue weighted by Crippen LogP contribution is 2.39. The third kappa shape index (κ3) is 5.36. The lowest BCUT2D eigenvalue weighted by Crippen LogP contribution is -2.57. The molecule has 3 N–H and O–H groups in total. The number of primary amides is 1. The minimum absolute atomic E-state index is 0.278. The lowest BCUT2D eigenvalue weighted by molar-refractivity contribution is -0.130. The molecule has 1 aromatic carbocycles. The van der Waals surface area contributed by atoms with E-state index in [0.717, 1.165) is 51.6 Å². The molecule has 155 valence electrons. The first-order valence-corrected chi connectivity index (χ1v) is 10.6. The van der Waals surface area contributed by atoms with E-state index in [-0.39, 0.29) is 11.8 Å². The molecule has 1 heterocycles. The molecule has 1 saturated heterocycles. The molecule has 1 aliphatic heterocycles. The van der Waals surface area contributed by atoms with Gasteiger partial charge in [-0.05, 0) is 44.2 Å². The van der Waals surface area contributed by atoms with Gasteiger partial charge < -0.3 is 11.1 Å². The van der Waals surface area contributed by atoms with Crippen LogP contribution in [0.1, 0.15) is 56.9 Å². The highest BCUT2D eigenvalue weighted by atomic mass is 16.2. The normalized spacial score (nSPS) is 24.4. The number of rotatable bonds is 7. The van der Waals surface area contributed by atoms with Gasteiger partial charge >= 0.3 is 0 Å². The predicted octanol–water partition coefficient (Wildman–Crippen LogP) is 2.69. The average molecular weight is 396 g/mol. The summed E-state index contributed by atoms with van der Waals surface area (Å²) in [4.78, 5) is 26.9. The summed E-state index contributed by atoms with van der Waals surface area (Å²) in [6, 6.07) is 12.5. The molecule has 2 aliphatic rings. The van der Waals surface area contributed by atoms with Crippen LogP contribution >= 0.6 is 0 Å². The number of carbonyl (C=O) groups excluding carboxylic acids is 2. The smallest absolute Gasteiger partial charge is 0.225 e. The zero-order chi connectivity index (χ0) is 20.7. The summed E-state index contributed by atoms with van der Waals surface area (Å²) in [6.45, 7) is 2.16. The second kappa shape index (κ2) is 9.41. The maximum absolute atomic E-state index is 12.7. The van der Waals surface area contributed by atoms with Crippen LogP contribution in [0.25, 0.3) is 0 Å². The third-order valence-corrected chi connectivity index (χ3v) is 6.41. The van der Waals surface area contributed by atoms with Crippen LogP contribution in [-0.2, 0) is 16.1 Å². The van der Waals surface area contributed by atoms with Crippen molar-refractivity contribution >= 4 is 11.8 Å². The van der Waals surface area contributed by atoms with Gasteiger partial charge in [-0.3, -0.25) is 14.5 Å². The Morgan fingerprint density at radius 1 is 1.14 bits per heavy atom. The quantitative estimate of drug-likeness (QED) is 0.741. The fourth-order valence-corrected chi connectivity index (χ4v) is 4.70. The Kier molecular flexibility index (Phi) is 6.92. The number of piperidine rings is 1. The fourth-order valence-electron chi connectivity index (χ4n) is 4.70. The molecule has 29 heavy (non-hydrogen) atoms. The van der Waals surface area contributed by atoms with Crippen molar-refractivity contribution in [2.24, 2.45) is 11.1 Å². The van der Waals surface area contributed by atoms with Crippen molar-refractivity contribution in [2.75, 3.05) is 13.1 Å². The lowest BCUT2D eigenvalue weighted by atomic mass is 9.70. The van der Waals surface area contributed by atoms with E-state index in [4.69, 9.17) is 5.73 Å². The van der Waals surface area contributed by atoms with Crippen LogP contribution in [0.2, 0.25) is 0 Å². The zero-order valence-electron chi connectivity index (χ0n) is 17.0. The molecule has 0 spiro atoms. The van der Waals surface area contributed by atoms with E-state index in [1.54, 1.807) is 0 Å². The van der Waals surface area contributed by atoms with Crippen LogP contribution in [0.3, 0.4) is 0 Å². The van der Waals surface area contributed by atoms with Crippen LogP contribution in [0.15, 0.2) is 30.3 Å². The van der Waals surface area contributed by atoms with Gasteiger partial charge in [0.15, 0.2) is 0 Å². The molecule has 2 fully saturated rings. The van der Waals surface area contributed by atoms with E-state index in [1.807, 2.05) is 18.2 Å². The number of hydrogen-bond acceptors (Lipinski definition) is 4. The standard InChI is InChI=1S/C23H31N4O2/c24-17-23(13-7-15-27(18-23)16-19-8-3-1-4-9-19)26-20(28)10-14-22(21(25)29)11-5-2-6-12-22/h1,3-4,8-10H,2,5-7,11-16,18H2,(H2,25,29)(H,26,28). The molecule has 1 saturated carbocycles. The third-order valence-electron chi connectivity index (χ3n) is 6.41. The largest absolute Gasteiger partial charge is 0.369 e. The maximum Gasteiger partial charge on any atom is 0.225 e. The number of nitrogens with two attached hydrogens (primary N) is 1. The van der Waals surface area contributed by atoms with Crippen molar-refractivity contribution in [1.29, 1.82) is 5.26 Å². The Labute approximate surface area is 173 Å². The van der Waals surface area contributed by atoms with E-state index in [0.29, 0.717) is 19.4 Å². The van der Waals surface area contributed by atoms with Crippen LogP contribution in [0.4, 0.5) is 0 Å². The molecule has 3 rings (SSSR count). The number of nitrogens with zero attached hydrogens (tertiary/aromatic N) is 2. The molecule has 2 amide bonds. The molecule has 6 heteroatoms. The Morgan fingerprint density at radius 3 is 2.52 bits per heavy atom. The van der Waals surface area contributed by atoms with Crippen LogP contribution in [0.5, 0.6) is 0 Å². The van der Waals surface area contributed by atoms with Crippen molar-refractivity contribution in [3.8, 4) is 6.07 Å². The van der Waals surface area contributed by atoms with Crippen molar-refractivity contribution in [3.05, 3.63) is 42.3 Å².